The smallest absolute Gasteiger partial charge is 0.341 e. The number of nitrogens with zero attached hydrogens (tertiary/aromatic N) is 1. The van der Waals surface area contributed by atoms with Crippen molar-refractivity contribution in [1.29, 1.82) is 0 Å². The molecule has 0 radical (unpaired) electrons. The first-order valence-corrected chi connectivity index (χ1v) is 6.97. The minimum atomic E-state index is -4.94. The third-order valence-corrected chi connectivity index (χ3v) is 3.76. The number of nitro benzene ring substituents is 1. The van der Waals surface area contributed by atoms with Crippen LogP contribution in [-0.2, 0) is 14.6 Å². The van der Waals surface area contributed by atoms with Crippen molar-refractivity contribution >= 4 is 27.2 Å². The van der Waals surface area contributed by atoms with Gasteiger partial charge in [0.1, 0.15) is 5.69 Å². The van der Waals surface area contributed by atoms with Crippen molar-refractivity contribution in [3.8, 4) is 0 Å². The number of hydrogen-bond acceptors (Lipinski definition) is 6. The van der Waals surface area contributed by atoms with Crippen LogP contribution in [0.3, 0.4) is 0 Å². The van der Waals surface area contributed by atoms with Crippen molar-refractivity contribution in [1.82, 2.24) is 0 Å². The molecule has 0 atom stereocenters. The summed E-state index contributed by atoms with van der Waals surface area (Å²) < 4.78 is 47.3. The van der Waals surface area contributed by atoms with E-state index in [9.17, 15) is 32.1 Å². The number of sulfone groups is 1. The average molecular weight is 324 g/mol. The zero-order chi connectivity index (χ0) is 16.2. The molecular formula is C10H10F2N2O6S. The molecule has 116 valence electrons. The first-order chi connectivity index (χ1) is 9.66. The van der Waals surface area contributed by atoms with Crippen LogP contribution in [0.1, 0.15) is 6.42 Å². The fraction of sp³-hybridized carbons (Fsp3) is 0.300. The predicted molar refractivity (Wildman–Crippen MR) is 67.0 cm³/mol. The molecular weight excluding hydrogens is 314 g/mol. The van der Waals surface area contributed by atoms with Crippen molar-refractivity contribution in [2.24, 2.45) is 0 Å². The van der Waals surface area contributed by atoms with E-state index in [4.69, 9.17) is 5.11 Å². The number of halogens is 2. The second-order valence-electron chi connectivity index (χ2n) is 3.81. The van der Waals surface area contributed by atoms with Crippen molar-refractivity contribution in [2.45, 2.75) is 17.1 Å². The number of rotatable bonds is 7. The molecule has 0 bridgehead atoms. The number of hydrogen-bond donors (Lipinski definition) is 2. The maximum atomic E-state index is 12.4. The van der Waals surface area contributed by atoms with Crippen molar-refractivity contribution in [3.05, 3.63) is 28.3 Å². The topological polar surface area (TPSA) is 127 Å². The molecule has 21 heavy (non-hydrogen) atoms. The number of carbonyl (C=O) groups is 1. The standard InChI is InChI=1S/C10H10F2N2O6S/c11-10(12)21(19,20)6-1-2-7(8(5-6)14(17)18)13-4-3-9(15)16/h1-2,5,10,13H,3-4H2,(H,15,16). The highest BCUT2D eigenvalue weighted by atomic mass is 32.2. The summed E-state index contributed by atoms with van der Waals surface area (Å²) in [5.74, 6) is -4.83. The average Bonchev–Trinajstić information content (AvgIpc) is 2.37. The Morgan fingerprint density at radius 2 is 2.05 bits per heavy atom. The zero-order valence-corrected chi connectivity index (χ0v) is 11.1. The summed E-state index contributed by atoms with van der Waals surface area (Å²) in [6, 6.07) is 2.23. The van der Waals surface area contributed by atoms with Gasteiger partial charge in [0.15, 0.2) is 0 Å². The van der Waals surface area contributed by atoms with Crippen molar-refractivity contribution in [2.75, 3.05) is 11.9 Å². The van der Waals surface area contributed by atoms with Crippen LogP contribution < -0.4 is 5.32 Å². The Balaban J connectivity index is 3.14. The third kappa shape index (κ3) is 4.08. The van der Waals surface area contributed by atoms with Crippen LogP contribution in [0.15, 0.2) is 23.1 Å². The van der Waals surface area contributed by atoms with Gasteiger partial charge in [-0.25, -0.2) is 8.42 Å². The first-order valence-electron chi connectivity index (χ1n) is 5.42. The molecule has 1 aromatic carbocycles. The summed E-state index contributed by atoms with van der Waals surface area (Å²) >= 11 is 0. The van der Waals surface area contributed by atoms with Crippen LogP contribution >= 0.6 is 0 Å². The van der Waals surface area contributed by atoms with Crippen molar-refractivity contribution < 1.29 is 32.0 Å². The summed E-state index contributed by atoms with van der Waals surface area (Å²) in [7, 11) is -4.94. The minimum Gasteiger partial charge on any atom is -0.481 e. The molecule has 0 saturated carbocycles. The van der Waals surface area contributed by atoms with Gasteiger partial charge in [-0.3, -0.25) is 14.9 Å². The van der Waals surface area contributed by atoms with Crippen LogP contribution in [-0.4, -0.2) is 36.7 Å². The largest absolute Gasteiger partial charge is 0.481 e. The van der Waals surface area contributed by atoms with Gasteiger partial charge in [0.25, 0.3) is 5.69 Å². The van der Waals surface area contributed by atoms with E-state index in [1.54, 1.807) is 0 Å². The summed E-state index contributed by atoms with van der Waals surface area (Å²) in [6.45, 7) is -0.142. The lowest BCUT2D eigenvalue weighted by Gasteiger charge is -2.08. The van der Waals surface area contributed by atoms with E-state index < -0.39 is 37.1 Å². The molecule has 2 N–H and O–H groups in total. The van der Waals surface area contributed by atoms with E-state index in [1.807, 2.05) is 0 Å². The van der Waals surface area contributed by atoms with E-state index in [0.29, 0.717) is 6.07 Å². The number of aliphatic carboxylic acids is 1. The number of alkyl halides is 2. The van der Waals surface area contributed by atoms with E-state index in [-0.39, 0.29) is 18.7 Å². The highest BCUT2D eigenvalue weighted by molar-refractivity contribution is 7.91. The number of nitrogens with one attached hydrogen (secondary N) is 1. The molecule has 0 aromatic heterocycles. The molecule has 0 aliphatic heterocycles. The van der Waals surface area contributed by atoms with Gasteiger partial charge in [0, 0.05) is 12.6 Å². The lowest BCUT2D eigenvalue weighted by atomic mass is 10.2. The third-order valence-electron chi connectivity index (χ3n) is 2.38. The van der Waals surface area contributed by atoms with E-state index in [2.05, 4.69) is 5.32 Å². The quantitative estimate of drug-likeness (QED) is 0.574. The fourth-order valence-electron chi connectivity index (χ4n) is 1.40. The Bertz CT molecular complexity index is 662. The number of nitro groups is 1. The minimum absolute atomic E-state index is 0.142. The van der Waals surface area contributed by atoms with E-state index in [0.717, 1.165) is 12.1 Å². The first kappa shape index (κ1) is 16.8. The van der Waals surface area contributed by atoms with Gasteiger partial charge in [0.05, 0.1) is 16.2 Å². The van der Waals surface area contributed by atoms with Crippen LogP contribution in [0, 0.1) is 10.1 Å². The molecule has 8 nitrogen and oxygen atoms in total. The highest BCUT2D eigenvalue weighted by Crippen LogP contribution is 2.29. The molecule has 0 amide bonds. The second-order valence-corrected chi connectivity index (χ2v) is 5.73. The summed E-state index contributed by atoms with van der Waals surface area (Å²) in [6.07, 6.45) is -0.325. The normalized spacial score (nSPS) is 11.4. The molecule has 0 heterocycles. The Kier molecular flexibility index (Phi) is 5.13. The molecule has 0 unspecified atom stereocenters. The van der Waals surface area contributed by atoms with Gasteiger partial charge in [-0.05, 0) is 12.1 Å². The van der Waals surface area contributed by atoms with Gasteiger partial charge in [-0.15, -0.1) is 0 Å². The Labute approximate surface area is 117 Å². The lowest BCUT2D eigenvalue weighted by Crippen LogP contribution is -2.13. The number of benzene rings is 1. The molecule has 0 aliphatic carbocycles. The molecule has 0 fully saturated rings. The van der Waals surface area contributed by atoms with Crippen LogP contribution in [0.4, 0.5) is 20.2 Å². The molecule has 0 spiro atoms. The number of anilines is 1. The predicted octanol–water partition coefficient (Wildman–Crippen LogP) is 1.48. The van der Waals surface area contributed by atoms with Gasteiger partial charge in [-0.1, -0.05) is 0 Å². The molecule has 1 aromatic rings. The highest BCUT2D eigenvalue weighted by Gasteiger charge is 2.29. The fourth-order valence-corrected chi connectivity index (χ4v) is 2.14. The Morgan fingerprint density at radius 3 is 2.52 bits per heavy atom. The number of carboxylic acid groups (broad SMARTS) is 1. The van der Waals surface area contributed by atoms with Gasteiger partial charge < -0.3 is 10.4 Å². The molecule has 0 aliphatic rings. The van der Waals surface area contributed by atoms with Gasteiger partial charge >= 0.3 is 11.7 Å². The SMILES string of the molecule is O=C(O)CCNc1ccc(S(=O)(=O)C(F)F)cc1[N+](=O)[O-]. The number of carboxylic acids is 1. The maximum Gasteiger partial charge on any atom is 0.341 e. The summed E-state index contributed by atoms with van der Waals surface area (Å²) in [5.41, 5.74) is -0.892. The van der Waals surface area contributed by atoms with E-state index >= 15 is 0 Å². The zero-order valence-electron chi connectivity index (χ0n) is 10.3. The summed E-state index contributed by atoms with van der Waals surface area (Å²) in [5, 5.41) is 21.7. The lowest BCUT2D eigenvalue weighted by molar-refractivity contribution is -0.384. The molecule has 11 heteroatoms. The Morgan fingerprint density at radius 1 is 1.43 bits per heavy atom. The van der Waals surface area contributed by atoms with E-state index in [1.165, 1.54) is 0 Å². The van der Waals surface area contributed by atoms with Gasteiger partial charge in [0.2, 0.25) is 9.84 Å². The van der Waals surface area contributed by atoms with Crippen molar-refractivity contribution in [3.63, 3.8) is 0 Å². The maximum absolute atomic E-state index is 12.4. The van der Waals surface area contributed by atoms with Crippen LogP contribution in [0.5, 0.6) is 0 Å². The Hall–Kier alpha value is -2.30. The monoisotopic (exact) mass is 324 g/mol. The second kappa shape index (κ2) is 6.43. The molecule has 1 rings (SSSR count). The summed E-state index contributed by atoms with van der Waals surface area (Å²) in [4.78, 5) is 19.3. The van der Waals surface area contributed by atoms with Crippen LogP contribution in [0.2, 0.25) is 0 Å². The van der Waals surface area contributed by atoms with Crippen LogP contribution in [0.25, 0.3) is 0 Å². The van der Waals surface area contributed by atoms with Gasteiger partial charge in [-0.2, -0.15) is 8.78 Å². The molecule has 0 saturated heterocycles.